The predicted octanol–water partition coefficient (Wildman–Crippen LogP) is 7.79. The van der Waals surface area contributed by atoms with E-state index in [4.69, 9.17) is 18.9 Å². The lowest BCUT2D eigenvalue weighted by Gasteiger charge is -2.43. The molecule has 0 amide bonds. The number of hydrogen-bond donors (Lipinski definition) is 2. The van der Waals surface area contributed by atoms with Gasteiger partial charge < -0.3 is 33.6 Å². The minimum atomic E-state index is -0.947. The fourth-order valence-electron chi connectivity index (χ4n) is 5.90. The van der Waals surface area contributed by atoms with Crippen molar-refractivity contribution in [2.24, 2.45) is 0 Å². The normalized spacial score (nSPS) is 22.8. The highest BCUT2D eigenvalue weighted by Crippen LogP contribution is 2.28. The van der Waals surface area contributed by atoms with E-state index < -0.39 is 30.7 Å². The van der Waals surface area contributed by atoms with Gasteiger partial charge in [0.25, 0.3) is 0 Å². The molecule has 7 nitrogen and oxygen atoms in total. The summed E-state index contributed by atoms with van der Waals surface area (Å²) in [6.45, 7) is 6.95. The summed E-state index contributed by atoms with van der Waals surface area (Å²) in [6, 6.07) is 0. The summed E-state index contributed by atoms with van der Waals surface area (Å²) in [5, 5.41) is 21.0. The second-order valence-electron chi connectivity index (χ2n) is 14.0. The molecule has 258 valence electrons. The van der Waals surface area contributed by atoms with Crippen LogP contribution >= 0.6 is 0 Å². The molecule has 1 aliphatic heterocycles. The molecule has 0 aromatic rings. The third-order valence-electron chi connectivity index (χ3n) is 8.67. The van der Waals surface area contributed by atoms with E-state index in [-0.39, 0.29) is 6.61 Å². The fourth-order valence-corrected chi connectivity index (χ4v) is 5.90. The molecule has 0 aliphatic carbocycles. The third-order valence-corrected chi connectivity index (χ3v) is 8.67. The van der Waals surface area contributed by atoms with Gasteiger partial charge in [-0.2, -0.15) is 0 Å². The average molecular weight is 617 g/mol. The molecule has 43 heavy (non-hydrogen) atoms. The predicted molar refractivity (Wildman–Crippen MR) is 178 cm³/mol. The molecular formula is C36H74NO6+. The number of rotatable bonds is 30. The minimum absolute atomic E-state index is 0.275. The van der Waals surface area contributed by atoms with Crippen LogP contribution in [0.2, 0.25) is 0 Å². The Bertz CT molecular complexity index is 601. The molecular weight excluding hydrogens is 542 g/mol. The van der Waals surface area contributed by atoms with Crippen molar-refractivity contribution in [1.82, 2.24) is 0 Å². The van der Waals surface area contributed by atoms with Crippen molar-refractivity contribution >= 4 is 0 Å². The number of quaternary nitrogens is 1. The number of aliphatic hydroxyl groups excluding tert-OH is 2. The van der Waals surface area contributed by atoms with E-state index >= 15 is 0 Å². The van der Waals surface area contributed by atoms with Crippen LogP contribution in [0.25, 0.3) is 0 Å². The zero-order chi connectivity index (χ0) is 31.6. The topological polar surface area (TPSA) is 77.4 Å². The van der Waals surface area contributed by atoms with Crippen molar-refractivity contribution in [3.05, 3.63) is 0 Å². The number of unbranched alkanes of at least 4 members (excludes halogenated alkanes) is 18. The van der Waals surface area contributed by atoms with Gasteiger partial charge in [-0.05, 0) is 12.8 Å². The minimum Gasteiger partial charge on any atom is -0.394 e. The van der Waals surface area contributed by atoms with Crippen LogP contribution < -0.4 is 0 Å². The Morgan fingerprint density at radius 1 is 0.535 bits per heavy atom. The van der Waals surface area contributed by atoms with Gasteiger partial charge in [0.2, 0.25) is 0 Å². The maximum atomic E-state index is 11.1. The molecule has 1 aliphatic rings. The van der Waals surface area contributed by atoms with E-state index in [9.17, 15) is 10.2 Å². The van der Waals surface area contributed by atoms with Gasteiger partial charge in [-0.15, -0.1) is 0 Å². The molecule has 0 radical (unpaired) electrons. The fraction of sp³-hybridized carbons (Fsp3) is 1.00. The highest BCUT2D eigenvalue weighted by atomic mass is 16.7. The first-order valence-corrected chi connectivity index (χ1v) is 18.4. The molecule has 5 atom stereocenters. The van der Waals surface area contributed by atoms with Crippen LogP contribution in [0.15, 0.2) is 0 Å². The zero-order valence-electron chi connectivity index (χ0n) is 29.2. The zero-order valence-corrected chi connectivity index (χ0v) is 29.2. The maximum Gasteiger partial charge on any atom is 0.186 e. The van der Waals surface area contributed by atoms with Gasteiger partial charge in [-0.25, -0.2) is 0 Å². The lowest BCUT2D eigenvalue weighted by Crippen LogP contribution is -2.61. The first kappa shape index (κ1) is 40.7. The standard InChI is InChI=1S/C36H74NO6/c1-6-8-10-12-14-16-18-20-22-24-28-40-34-33(39)32(31-38)43-36(42-30-26-27-37(3,4)5)35(34)41-29-25-23-21-19-17-15-13-11-9-7-2/h32-36,38-39H,6-31H2,1-5H3/q+1/t32-,33-,34+,35-,36-/m1/s1. The molecule has 0 aromatic heterocycles. The van der Waals surface area contributed by atoms with Gasteiger partial charge in [0.05, 0.1) is 40.9 Å². The van der Waals surface area contributed by atoms with Crippen molar-refractivity contribution in [2.75, 3.05) is 54.1 Å². The second-order valence-corrected chi connectivity index (χ2v) is 14.0. The number of aliphatic hydroxyl groups is 2. The van der Waals surface area contributed by atoms with Crippen molar-refractivity contribution in [1.29, 1.82) is 0 Å². The molecule has 0 saturated carbocycles. The van der Waals surface area contributed by atoms with Gasteiger partial charge in [-0.1, -0.05) is 129 Å². The van der Waals surface area contributed by atoms with Gasteiger partial charge in [0, 0.05) is 19.6 Å². The average Bonchev–Trinajstić information content (AvgIpc) is 2.98. The van der Waals surface area contributed by atoms with Crippen molar-refractivity contribution in [2.45, 2.75) is 179 Å². The lowest BCUT2D eigenvalue weighted by molar-refractivity contribution is -0.870. The van der Waals surface area contributed by atoms with Crippen LogP contribution in [-0.2, 0) is 18.9 Å². The van der Waals surface area contributed by atoms with Gasteiger partial charge in [-0.3, -0.25) is 0 Å². The van der Waals surface area contributed by atoms with Crippen LogP contribution in [-0.4, -0.2) is 99.5 Å². The number of hydrogen-bond acceptors (Lipinski definition) is 6. The summed E-state index contributed by atoms with van der Waals surface area (Å²) in [5.74, 6) is 0. The third kappa shape index (κ3) is 21.2. The summed E-state index contributed by atoms with van der Waals surface area (Å²) in [6.07, 6.45) is 22.9. The van der Waals surface area contributed by atoms with Crippen molar-refractivity contribution in [3.8, 4) is 0 Å². The molecule has 1 rings (SSSR count). The van der Waals surface area contributed by atoms with Crippen molar-refractivity contribution in [3.63, 3.8) is 0 Å². The molecule has 0 unspecified atom stereocenters. The van der Waals surface area contributed by atoms with Gasteiger partial charge in [0.15, 0.2) is 6.29 Å². The van der Waals surface area contributed by atoms with Crippen LogP contribution in [0.4, 0.5) is 0 Å². The summed E-state index contributed by atoms with van der Waals surface area (Å²) in [4.78, 5) is 0. The maximum absolute atomic E-state index is 11.1. The Kier molecular flexibility index (Phi) is 25.5. The Hall–Kier alpha value is -0.280. The SMILES string of the molecule is CCCCCCCCCCCCO[C@H]1[C@H](OCCC[N+](C)(C)C)O[C@H](CO)[C@@H](O)[C@@H]1OCCCCCCCCCCCC. The first-order valence-electron chi connectivity index (χ1n) is 18.4. The van der Waals surface area contributed by atoms with Crippen LogP contribution in [0.3, 0.4) is 0 Å². The van der Waals surface area contributed by atoms with Gasteiger partial charge in [0.1, 0.15) is 24.4 Å². The molecule has 0 aromatic carbocycles. The van der Waals surface area contributed by atoms with Crippen LogP contribution in [0.1, 0.15) is 149 Å². The number of nitrogens with zero attached hydrogens (tertiary/aromatic N) is 1. The highest BCUT2D eigenvalue weighted by molar-refractivity contribution is 4.91. The van der Waals surface area contributed by atoms with Crippen molar-refractivity contribution < 1.29 is 33.6 Å². The number of ether oxygens (including phenoxy) is 4. The van der Waals surface area contributed by atoms with E-state index in [1.807, 2.05) is 0 Å². The molecule has 2 N–H and O–H groups in total. The largest absolute Gasteiger partial charge is 0.394 e. The second kappa shape index (κ2) is 26.9. The van der Waals surface area contributed by atoms with Crippen LogP contribution in [0, 0.1) is 0 Å². The Balaban J connectivity index is 2.53. The quantitative estimate of drug-likeness (QED) is 0.0634. The molecule has 1 saturated heterocycles. The molecule has 1 heterocycles. The Labute approximate surface area is 267 Å². The Morgan fingerprint density at radius 3 is 1.35 bits per heavy atom. The summed E-state index contributed by atoms with van der Waals surface area (Å²) < 4.78 is 25.8. The lowest BCUT2D eigenvalue weighted by atomic mass is 9.98. The van der Waals surface area contributed by atoms with E-state index in [0.717, 1.165) is 43.1 Å². The summed E-state index contributed by atoms with van der Waals surface area (Å²) >= 11 is 0. The molecule has 0 bridgehead atoms. The molecule has 1 fully saturated rings. The smallest absolute Gasteiger partial charge is 0.186 e. The molecule has 7 heteroatoms. The highest BCUT2D eigenvalue weighted by Gasteiger charge is 2.47. The van der Waals surface area contributed by atoms with E-state index in [2.05, 4.69) is 35.0 Å². The molecule has 0 spiro atoms. The van der Waals surface area contributed by atoms with E-state index in [1.165, 1.54) is 103 Å². The van der Waals surface area contributed by atoms with E-state index in [0.29, 0.717) is 19.8 Å². The monoisotopic (exact) mass is 617 g/mol. The van der Waals surface area contributed by atoms with E-state index in [1.54, 1.807) is 0 Å². The summed E-state index contributed by atoms with van der Waals surface area (Å²) in [7, 11) is 6.52. The van der Waals surface area contributed by atoms with Crippen LogP contribution in [0.5, 0.6) is 0 Å². The first-order chi connectivity index (χ1) is 20.8. The summed E-state index contributed by atoms with van der Waals surface area (Å²) in [5.41, 5.74) is 0. The Morgan fingerprint density at radius 2 is 0.930 bits per heavy atom. The van der Waals surface area contributed by atoms with Gasteiger partial charge >= 0.3 is 0 Å².